The second-order valence-corrected chi connectivity index (χ2v) is 4.98. The minimum atomic E-state index is -0.209. The number of rotatable bonds is 4. The van der Waals surface area contributed by atoms with Gasteiger partial charge in [-0.25, -0.2) is 0 Å². The van der Waals surface area contributed by atoms with Gasteiger partial charge in [0.1, 0.15) is 5.76 Å². The molecule has 0 bridgehead atoms. The maximum absolute atomic E-state index is 12.3. The van der Waals surface area contributed by atoms with Crippen LogP contribution < -0.4 is 0 Å². The molecule has 21 heavy (non-hydrogen) atoms. The van der Waals surface area contributed by atoms with E-state index in [0.29, 0.717) is 16.9 Å². The van der Waals surface area contributed by atoms with E-state index in [1.807, 2.05) is 36.4 Å². The molecule has 0 radical (unpaired) electrons. The average Bonchev–Trinajstić information content (AvgIpc) is 2.93. The largest absolute Gasteiger partial charge is 0.469 e. The van der Waals surface area contributed by atoms with Crippen molar-refractivity contribution in [3.8, 4) is 0 Å². The van der Waals surface area contributed by atoms with Crippen LogP contribution in [0.4, 0.5) is 0 Å². The van der Waals surface area contributed by atoms with E-state index in [1.165, 1.54) is 6.26 Å². The summed E-state index contributed by atoms with van der Waals surface area (Å²) < 4.78 is 5.10. The number of fused-ring (bicyclic) bond motifs is 1. The molecule has 0 saturated heterocycles. The summed E-state index contributed by atoms with van der Waals surface area (Å²) in [4.78, 5) is 24.3. The third-order valence-electron chi connectivity index (χ3n) is 3.55. The number of ketones is 2. The molecule has 0 atom stereocenters. The van der Waals surface area contributed by atoms with E-state index in [-0.39, 0.29) is 18.0 Å². The van der Waals surface area contributed by atoms with Crippen LogP contribution in [0.25, 0.3) is 10.8 Å². The van der Waals surface area contributed by atoms with Gasteiger partial charge >= 0.3 is 0 Å². The predicted octanol–water partition coefficient (Wildman–Crippen LogP) is 4.20. The third kappa shape index (κ3) is 2.63. The summed E-state index contributed by atoms with van der Waals surface area (Å²) in [5.74, 6) is 0.164. The molecule has 2 aromatic carbocycles. The number of aryl methyl sites for hydroxylation is 1. The van der Waals surface area contributed by atoms with Gasteiger partial charge in [0.15, 0.2) is 11.6 Å². The minimum Gasteiger partial charge on any atom is -0.469 e. The van der Waals surface area contributed by atoms with E-state index in [0.717, 1.165) is 10.8 Å². The molecule has 0 N–H and O–H groups in total. The van der Waals surface area contributed by atoms with E-state index >= 15 is 0 Å². The highest BCUT2D eigenvalue weighted by molar-refractivity contribution is 6.14. The van der Waals surface area contributed by atoms with E-state index in [9.17, 15) is 9.59 Å². The number of Topliss-reactive ketones (excluding diaryl/α,β-unsaturated/α-hetero) is 2. The van der Waals surface area contributed by atoms with E-state index in [4.69, 9.17) is 4.42 Å². The molecular formula is C18H14O3. The molecule has 0 aliphatic heterocycles. The Morgan fingerprint density at radius 3 is 2.43 bits per heavy atom. The molecule has 1 heterocycles. The molecule has 104 valence electrons. The highest BCUT2D eigenvalue weighted by Crippen LogP contribution is 2.18. The first-order chi connectivity index (χ1) is 10.1. The van der Waals surface area contributed by atoms with Crippen molar-refractivity contribution in [3.05, 3.63) is 71.7 Å². The van der Waals surface area contributed by atoms with Crippen LogP contribution in [-0.2, 0) is 0 Å². The molecule has 3 aromatic rings. The topological polar surface area (TPSA) is 47.3 Å². The third-order valence-corrected chi connectivity index (χ3v) is 3.55. The Morgan fingerprint density at radius 2 is 1.71 bits per heavy atom. The lowest BCUT2D eigenvalue weighted by Gasteiger charge is -2.03. The summed E-state index contributed by atoms with van der Waals surface area (Å²) in [6.45, 7) is 1.72. The predicted molar refractivity (Wildman–Crippen MR) is 80.7 cm³/mol. The van der Waals surface area contributed by atoms with Crippen LogP contribution in [0.5, 0.6) is 0 Å². The zero-order chi connectivity index (χ0) is 14.8. The monoisotopic (exact) mass is 278 g/mol. The van der Waals surface area contributed by atoms with Gasteiger partial charge in [0, 0.05) is 5.56 Å². The normalized spacial score (nSPS) is 10.7. The van der Waals surface area contributed by atoms with Crippen molar-refractivity contribution in [1.29, 1.82) is 0 Å². The first-order valence-electron chi connectivity index (χ1n) is 6.74. The maximum Gasteiger partial charge on any atom is 0.174 e. The summed E-state index contributed by atoms with van der Waals surface area (Å²) in [6, 6.07) is 14.9. The van der Waals surface area contributed by atoms with Crippen LogP contribution in [0.2, 0.25) is 0 Å². The summed E-state index contributed by atoms with van der Waals surface area (Å²) >= 11 is 0. The van der Waals surface area contributed by atoms with Crippen LogP contribution >= 0.6 is 0 Å². The molecule has 0 amide bonds. The van der Waals surface area contributed by atoms with Gasteiger partial charge in [-0.15, -0.1) is 0 Å². The number of hydrogen-bond acceptors (Lipinski definition) is 3. The molecule has 0 aliphatic carbocycles. The maximum atomic E-state index is 12.3. The Hall–Kier alpha value is -2.68. The Morgan fingerprint density at radius 1 is 0.952 bits per heavy atom. The van der Waals surface area contributed by atoms with E-state index in [2.05, 4.69) is 0 Å². The second-order valence-electron chi connectivity index (χ2n) is 4.98. The average molecular weight is 278 g/mol. The Bertz CT molecular complexity index is 827. The van der Waals surface area contributed by atoms with Gasteiger partial charge in [-0.05, 0) is 29.8 Å². The van der Waals surface area contributed by atoms with Crippen molar-refractivity contribution in [1.82, 2.24) is 0 Å². The first kappa shape index (κ1) is 13.3. The molecule has 3 nitrogen and oxygen atoms in total. The van der Waals surface area contributed by atoms with Crippen molar-refractivity contribution in [2.45, 2.75) is 13.3 Å². The SMILES string of the molecule is Cc1occc1C(=O)CC(=O)c1ccc2ccccc2c1. The van der Waals surface area contributed by atoms with Crippen molar-refractivity contribution in [3.63, 3.8) is 0 Å². The van der Waals surface area contributed by atoms with Crippen molar-refractivity contribution >= 4 is 22.3 Å². The smallest absolute Gasteiger partial charge is 0.174 e. The zero-order valence-corrected chi connectivity index (χ0v) is 11.6. The van der Waals surface area contributed by atoms with Crippen molar-refractivity contribution < 1.29 is 14.0 Å². The molecule has 0 fully saturated rings. The molecule has 3 rings (SSSR count). The lowest BCUT2D eigenvalue weighted by molar-refractivity contribution is 0.0893. The fourth-order valence-corrected chi connectivity index (χ4v) is 2.38. The van der Waals surface area contributed by atoms with Gasteiger partial charge in [-0.2, -0.15) is 0 Å². The van der Waals surface area contributed by atoms with Gasteiger partial charge in [0.2, 0.25) is 0 Å². The summed E-state index contributed by atoms with van der Waals surface area (Å²) in [7, 11) is 0. The van der Waals surface area contributed by atoms with Crippen LogP contribution in [0.15, 0.2) is 59.2 Å². The second kappa shape index (κ2) is 5.37. The molecule has 1 aromatic heterocycles. The van der Waals surface area contributed by atoms with Gasteiger partial charge in [-0.1, -0.05) is 36.4 Å². The summed E-state index contributed by atoms with van der Waals surface area (Å²) in [6.07, 6.45) is 1.32. The van der Waals surface area contributed by atoms with Crippen molar-refractivity contribution in [2.24, 2.45) is 0 Å². The van der Waals surface area contributed by atoms with Gasteiger partial charge in [-0.3, -0.25) is 9.59 Å². The standard InChI is InChI=1S/C18H14O3/c1-12-16(8-9-21-12)18(20)11-17(19)15-7-6-13-4-2-3-5-14(13)10-15/h2-10H,11H2,1H3. The summed E-state index contributed by atoms with van der Waals surface area (Å²) in [5.41, 5.74) is 1.03. The Kier molecular flexibility index (Phi) is 3.40. The van der Waals surface area contributed by atoms with Crippen LogP contribution in [0.1, 0.15) is 32.9 Å². The minimum absolute atomic E-state index is 0.140. The van der Waals surface area contributed by atoms with Crippen molar-refractivity contribution in [2.75, 3.05) is 0 Å². The van der Waals surface area contributed by atoms with Gasteiger partial charge in [0.25, 0.3) is 0 Å². The summed E-state index contributed by atoms with van der Waals surface area (Å²) in [5, 5.41) is 2.07. The molecule has 0 spiro atoms. The van der Waals surface area contributed by atoms with E-state index in [1.54, 1.807) is 19.1 Å². The molecule has 0 saturated carbocycles. The fraction of sp³-hybridized carbons (Fsp3) is 0.111. The quantitative estimate of drug-likeness (QED) is 0.531. The number of benzene rings is 2. The van der Waals surface area contributed by atoms with Gasteiger partial charge in [0.05, 0.1) is 18.2 Å². The van der Waals surface area contributed by atoms with Crippen LogP contribution in [0.3, 0.4) is 0 Å². The Balaban J connectivity index is 1.84. The number of carbonyl (C=O) groups excluding carboxylic acids is 2. The Labute approximate surface area is 122 Å². The highest BCUT2D eigenvalue weighted by Gasteiger charge is 2.17. The molecule has 0 unspecified atom stereocenters. The first-order valence-corrected chi connectivity index (χ1v) is 6.74. The van der Waals surface area contributed by atoms with Crippen LogP contribution in [0, 0.1) is 6.92 Å². The molecular weight excluding hydrogens is 264 g/mol. The zero-order valence-electron chi connectivity index (χ0n) is 11.6. The number of furan rings is 1. The fourth-order valence-electron chi connectivity index (χ4n) is 2.38. The molecule has 3 heteroatoms. The molecule has 0 aliphatic rings. The van der Waals surface area contributed by atoms with Gasteiger partial charge < -0.3 is 4.42 Å². The van der Waals surface area contributed by atoms with Crippen LogP contribution in [-0.4, -0.2) is 11.6 Å². The number of hydrogen-bond donors (Lipinski definition) is 0. The lowest BCUT2D eigenvalue weighted by Crippen LogP contribution is -2.08. The van der Waals surface area contributed by atoms with E-state index < -0.39 is 0 Å². The number of carbonyl (C=O) groups is 2. The lowest BCUT2D eigenvalue weighted by atomic mass is 9.99. The highest BCUT2D eigenvalue weighted by atomic mass is 16.3.